The topological polar surface area (TPSA) is 79.7 Å². The summed E-state index contributed by atoms with van der Waals surface area (Å²) in [5.41, 5.74) is 1.03. The van der Waals surface area contributed by atoms with Crippen molar-refractivity contribution in [2.24, 2.45) is 0 Å². The van der Waals surface area contributed by atoms with E-state index in [1.165, 1.54) is 4.90 Å². The highest BCUT2D eigenvalue weighted by molar-refractivity contribution is 6.51. The summed E-state index contributed by atoms with van der Waals surface area (Å²) >= 11 is 6.04. The summed E-state index contributed by atoms with van der Waals surface area (Å²) in [6.07, 6.45) is 2.42. The van der Waals surface area contributed by atoms with Crippen molar-refractivity contribution in [3.05, 3.63) is 94.6 Å². The van der Waals surface area contributed by atoms with Crippen LogP contribution in [0.25, 0.3) is 5.76 Å². The Balaban J connectivity index is 1.83. The Morgan fingerprint density at radius 3 is 2.41 bits per heavy atom. The summed E-state index contributed by atoms with van der Waals surface area (Å²) < 4.78 is 5.58. The van der Waals surface area contributed by atoms with Crippen LogP contribution in [0.15, 0.2) is 78.5 Å². The number of aliphatic hydroxyl groups excluding tert-OH is 1. The Labute approximate surface area is 190 Å². The molecular weight excluding hydrogens is 428 g/mol. The second kappa shape index (κ2) is 9.24. The van der Waals surface area contributed by atoms with Crippen molar-refractivity contribution in [2.75, 3.05) is 11.5 Å². The number of ether oxygens (including phenoxy) is 1. The lowest BCUT2D eigenvalue weighted by atomic mass is 9.95. The summed E-state index contributed by atoms with van der Waals surface area (Å²) in [5, 5.41) is 11.6. The van der Waals surface area contributed by atoms with Gasteiger partial charge in [0.1, 0.15) is 17.3 Å². The maximum absolute atomic E-state index is 13.1. The normalized spacial score (nSPS) is 17.6. The Hall–Kier alpha value is -3.64. The molecule has 7 heteroatoms. The van der Waals surface area contributed by atoms with Crippen LogP contribution in [0.2, 0.25) is 5.02 Å². The number of hydrogen-bond donors (Lipinski definition) is 1. The van der Waals surface area contributed by atoms with E-state index in [-0.39, 0.29) is 11.3 Å². The molecule has 0 unspecified atom stereocenters. The first-order valence-electron chi connectivity index (χ1n) is 10.2. The van der Waals surface area contributed by atoms with Crippen molar-refractivity contribution < 1.29 is 19.4 Å². The quantitative estimate of drug-likeness (QED) is 0.320. The summed E-state index contributed by atoms with van der Waals surface area (Å²) in [6.45, 7) is 2.59. The maximum atomic E-state index is 13.1. The number of halogens is 1. The van der Waals surface area contributed by atoms with Crippen LogP contribution in [0, 0.1) is 0 Å². The minimum Gasteiger partial charge on any atom is -0.507 e. The second-order valence-corrected chi connectivity index (χ2v) is 7.72. The van der Waals surface area contributed by atoms with Crippen molar-refractivity contribution in [1.29, 1.82) is 0 Å². The molecule has 1 N–H and O–H groups in total. The van der Waals surface area contributed by atoms with E-state index in [9.17, 15) is 14.7 Å². The van der Waals surface area contributed by atoms with Gasteiger partial charge in [-0.05, 0) is 60.5 Å². The first-order valence-corrected chi connectivity index (χ1v) is 10.6. The molecule has 1 fully saturated rings. The van der Waals surface area contributed by atoms with Crippen LogP contribution in [0.3, 0.4) is 0 Å². The first-order chi connectivity index (χ1) is 15.5. The summed E-state index contributed by atoms with van der Waals surface area (Å²) in [7, 11) is 0. The van der Waals surface area contributed by atoms with E-state index >= 15 is 0 Å². The van der Waals surface area contributed by atoms with Crippen LogP contribution in [0.4, 0.5) is 5.82 Å². The predicted molar refractivity (Wildman–Crippen MR) is 123 cm³/mol. The van der Waals surface area contributed by atoms with Crippen molar-refractivity contribution in [3.8, 4) is 5.75 Å². The van der Waals surface area contributed by atoms with Crippen molar-refractivity contribution in [1.82, 2.24) is 4.98 Å². The van der Waals surface area contributed by atoms with E-state index < -0.39 is 17.7 Å². The smallest absolute Gasteiger partial charge is 0.301 e. The highest BCUT2D eigenvalue weighted by Crippen LogP contribution is 2.41. The molecule has 1 aromatic heterocycles. The van der Waals surface area contributed by atoms with Crippen LogP contribution in [0.5, 0.6) is 5.75 Å². The molecule has 1 aliphatic heterocycles. The Kier molecular flexibility index (Phi) is 6.23. The van der Waals surface area contributed by atoms with Gasteiger partial charge in [0.25, 0.3) is 5.78 Å². The van der Waals surface area contributed by atoms with Crippen LogP contribution in [0.1, 0.15) is 30.5 Å². The van der Waals surface area contributed by atoms with Crippen molar-refractivity contribution >= 4 is 34.9 Å². The molecule has 1 atom stereocenters. The first kappa shape index (κ1) is 21.6. The number of carbonyl (C=O) groups excluding carboxylic acids is 2. The van der Waals surface area contributed by atoms with Gasteiger partial charge in [0.15, 0.2) is 0 Å². The van der Waals surface area contributed by atoms with Gasteiger partial charge < -0.3 is 9.84 Å². The van der Waals surface area contributed by atoms with E-state index in [4.69, 9.17) is 16.3 Å². The number of carbonyl (C=O) groups is 2. The molecule has 0 saturated carbocycles. The molecule has 2 aromatic carbocycles. The average Bonchev–Trinajstić information content (AvgIpc) is 3.09. The standard InChI is InChI=1S/C25H21ClN2O4/c1-2-15-32-19-12-8-17(9-13-19)23(29)21-22(16-6-10-18(26)11-7-16)28(25(31)24(21)30)20-5-3-4-14-27-20/h3-14,22,29H,2,15H2,1H3/t22-/m0/s1. The van der Waals surface area contributed by atoms with Crippen LogP contribution in [-0.4, -0.2) is 28.4 Å². The lowest BCUT2D eigenvalue weighted by Gasteiger charge is -2.24. The van der Waals surface area contributed by atoms with E-state index in [2.05, 4.69) is 4.98 Å². The number of amides is 1. The number of hydrogen-bond acceptors (Lipinski definition) is 5. The van der Waals surface area contributed by atoms with Crippen LogP contribution >= 0.6 is 11.6 Å². The molecular formula is C25H21ClN2O4. The largest absolute Gasteiger partial charge is 0.507 e. The maximum Gasteiger partial charge on any atom is 0.301 e. The zero-order chi connectivity index (χ0) is 22.7. The third kappa shape index (κ3) is 4.09. The molecule has 1 saturated heterocycles. The fraction of sp³-hybridized carbons (Fsp3) is 0.160. The van der Waals surface area contributed by atoms with Crippen molar-refractivity contribution in [3.63, 3.8) is 0 Å². The zero-order valence-electron chi connectivity index (χ0n) is 17.4. The molecule has 6 nitrogen and oxygen atoms in total. The highest BCUT2D eigenvalue weighted by Gasteiger charge is 2.47. The molecule has 1 amide bonds. The van der Waals surface area contributed by atoms with Gasteiger partial charge in [-0.3, -0.25) is 14.5 Å². The minimum absolute atomic E-state index is 0.00907. The number of benzene rings is 2. The van der Waals surface area contributed by atoms with E-state index in [1.807, 2.05) is 6.92 Å². The highest BCUT2D eigenvalue weighted by atomic mass is 35.5. The third-order valence-electron chi connectivity index (χ3n) is 5.13. The van der Waals surface area contributed by atoms with Gasteiger partial charge in [-0.2, -0.15) is 0 Å². The number of pyridine rings is 1. The second-order valence-electron chi connectivity index (χ2n) is 7.28. The van der Waals surface area contributed by atoms with Gasteiger partial charge in [0.05, 0.1) is 18.2 Å². The summed E-state index contributed by atoms with van der Waals surface area (Å²) in [4.78, 5) is 31.6. The van der Waals surface area contributed by atoms with E-state index in [0.29, 0.717) is 34.3 Å². The fourth-order valence-electron chi connectivity index (χ4n) is 3.61. The molecule has 1 aliphatic rings. The summed E-state index contributed by atoms with van der Waals surface area (Å²) in [5.74, 6) is -0.820. The molecule has 32 heavy (non-hydrogen) atoms. The van der Waals surface area contributed by atoms with Gasteiger partial charge in [0, 0.05) is 16.8 Å². The minimum atomic E-state index is -0.849. The number of Topliss-reactive ketones (excluding diaryl/α,β-unsaturated/α-hetero) is 1. The van der Waals surface area contributed by atoms with Crippen LogP contribution in [-0.2, 0) is 9.59 Å². The molecule has 3 aromatic rings. The summed E-state index contributed by atoms with van der Waals surface area (Å²) in [6, 6.07) is 17.8. The van der Waals surface area contributed by atoms with Gasteiger partial charge in [-0.25, -0.2) is 4.98 Å². The fourth-order valence-corrected chi connectivity index (χ4v) is 3.74. The van der Waals surface area contributed by atoms with Crippen LogP contribution < -0.4 is 9.64 Å². The molecule has 0 aliphatic carbocycles. The molecule has 4 rings (SSSR count). The number of rotatable bonds is 6. The number of anilines is 1. The number of nitrogens with zero attached hydrogens (tertiary/aromatic N) is 2. The van der Waals surface area contributed by atoms with Gasteiger partial charge >= 0.3 is 5.91 Å². The monoisotopic (exact) mass is 448 g/mol. The lowest BCUT2D eigenvalue weighted by Crippen LogP contribution is -2.30. The molecule has 0 bridgehead atoms. The Morgan fingerprint density at radius 2 is 1.78 bits per heavy atom. The number of aromatic nitrogens is 1. The predicted octanol–water partition coefficient (Wildman–Crippen LogP) is 5.15. The number of aliphatic hydroxyl groups is 1. The van der Waals surface area contributed by atoms with Gasteiger partial charge in [-0.1, -0.05) is 36.7 Å². The number of ketones is 1. The van der Waals surface area contributed by atoms with E-state index in [0.717, 1.165) is 6.42 Å². The zero-order valence-corrected chi connectivity index (χ0v) is 18.1. The van der Waals surface area contributed by atoms with Gasteiger partial charge in [-0.15, -0.1) is 0 Å². The SMILES string of the molecule is CCCOc1ccc(C(O)=C2C(=O)C(=O)N(c3ccccn3)[C@H]2c2ccc(Cl)cc2)cc1. The molecule has 2 heterocycles. The Morgan fingerprint density at radius 1 is 1.06 bits per heavy atom. The van der Waals surface area contributed by atoms with E-state index in [1.54, 1.807) is 72.9 Å². The molecule has 162 valence electrons. The lowest BCUT2D eigenvalue weighted by molar-refractivity contribution is -0.132. The van der Waals surface area contributed by atoms with Gasteiger partial charge in [0.2, 0.25) is 0 Å². The Bertz CT molecular complexity index is 1160. The molecule has 0 spiro atoms. The van der Waals surface area contributed by atoms with Crippen molar-refractivity contribution in [2.45, 2.75) is 19.4 Å². The third-order valence-corrected chi connectivity index (χ3v) is 5.38. The molecule has 0 radical (unpaired) electrons. The average molecular weight is 449 g/mol.